The molecular weight excluding hydrogens is 476 g/mol. The zero-order valence-electron chi connectivity index (χ0n) is 22.7. The summed E-state index contributed by atoms with van der Waals surface area (Å²) in [5.74, 6) is 0.539. The molecule has 9 heteroatoms. The van der Waals surface area contributed by atoms with Crippen molar-refractivity contribution in [1.29, 1.82) is 0 Å². The predicted molar refractivity (Wildman–Crippen MR) is 143 cm³/mol. The number of benzene rings is 1. The summed E-state index contributed by atoms with van der Waals surface area (Å²) in [6, 6.07) is 2.63. The predicted octanol–water partition coefficient (Wildman–Crippen LogP) is 5.83. The van der Waals surface area contributed by atoms with Crippen LogP contribution in [-0.4, -0.2) is 56.3 Å². The quantitative estimate of drug-likeness (QED) is 0.346. The number of amides is 2. The highest BCUT2D eigenvalue weighted by atomic mass is 28.4. The van der Waals surface area contributed by atoms with Gasteiger partial charge in [0.1, 0.15) is 12.4 Å². The number of anilines is 1. The summed E-state index contributed by atoms with van der Waals surface area (Å²) in [4.78, 5) is 29.5. The molecule has 3 rings (SSSR count). The molecule has 1 unspecified atom stereocenters. The molecule has 1 aromatic rings. The van der Waals surface area contributed by atoms with Gasteiger partial charge in [0.2, 0.25) is 0 Å². The molecule has 2 aliphatic rings. The molecule has 2 aliphatic heterocycles. The highest BCUT2D eigenvalue weighted by Gasteiger charge is 2.49. The Hall–Kier alpha value is -2.78. The Kier molecular flexibility index (Phi) is 8.25. The van der Waals surface area contributed by atoms with E-state index in [0.717, 1.165) is 10.5 Å². The number of fused-ring (bicyclic) bond motifs is 2. The summed E-state index contributed by atoms with van der Waals surface area (Å²) in [5, 5.41) is 11.4. The molecule has 2 amide bonds. The molecule has 1 aromatic carbocycles. The third-order valence-electron chi connectivity index (χ3n) is 7.38. The fourth-order valence-corrected chi connectivity index (χ4v) is 11.1. The van der Waals surface area contributed by atoms with Crippen LogP contribution < -0.4 is 14.1 Å². The van der Waals surface area contributed by atoms with Crippen molar-refractivity contribution in [3.8, 4) is 11.5 Å². The maximum Gasteiger partial charge on any atom is 0.416 e. The van der Waals surface area contributed by atoms with Gasteiger partial charge >= 0.3 is 6.09 Å². The van der Waals surface area contributed by atoms with Crippen molar-refractivity contribution in [2.24, 2.45) is 0 Å². The van der Waals surface area contributed by atoms with E-state index in [4.69, 9.17) is 13.9 Å². The Morgan fingerprint density at radius 1 is 1.17 bits per heavy atom. The second-order valence-corrected chi connectivity index (χ2v) is 15.9. The smallest absolute Gasteiger partial charge is 0.416 e. The van der Waals surface area contributed by atoms with Crippen LogP contribution in [-0.2, 0) is 4.74 Å². The van der Waals surface area contributed by atoms with Crippen molar-refractivity contribution >= 4 is 26.0 Å². The number of hydrogen-bond donors (Lipinski definition) is 1. The van der Waals surface area contributed by atoms with Gasteiger partial charge in [0.25, 0.3) is 14.2 Å². The second kappa shape index (κ2) is 10.7. The van der Waals surface area contributed by atoms with Crippen molar-refractivity contribution in [2.75, 3.05) is 18.6 Å². The van der Waals surface area contributed by atoms with E-state index < -0.39 is 26.7 Å². The standard InChI is InChI=1S/C27H40N2O6Si/c1-10-11-34-27(32)29-21-14-24(35-36(16(2)3,17(4)5)18(6)7)23(33-9)13-20(21)25(30)28-15-19(8)12-22(28)26(29)31/h10,13-18,22,26,31H,1,11-12H2,2-9H3/t22-,26?/m0/s1. The van der Waals surface area contributed by atoms with E-state index in [1.165, 1.54) is 18.1 Å². The molecule has 2 heterocycles. The molecule has 0 saturated carbocycles. The average Bonchev–Trinajstić information content (AvgIpc) is 3.18. The van der Waals surface area contributed by atoms with Gasteiger partial charge in [0, 0.05) is 12.3 Å². The normalized spacial score (nSPS) is 19.8. The van der Waals surface area contributed by atoms with Crippen molar-refractivity contribution < 1.29 is 28.6 Å². The van der Waals surface area contributed by atoms with E-state index in [1.54, 1.807) is 18.3 Å². The van der Waals surface area contributed by atoms with Gasteiger partial charge in [-0.15, -0.1) is 0 Å². The van der Waals surface area contributed by atoms with Crippen molar-refractivity contribution in [2.45, 2.75) is 83.8 Å². The Morgan fingerprint density at radius 2 is 1.78 bits per heavy atom. The summed E-state index contributed by atoms with van der Waals surface area (Å²) < 4.78 is 17.9. The monoisotopic (exact) mass is 516 g/mol. The first-order valence-electron chi connectivity index (χ1n) is 12.6. The molecule has 0 spiro atoms. The summed E-state index contributed by atoms with van der Waals surface area (Å²) in [6.07, 6.45) is 1.54. The molecule has 8 nitrogen and oxygen atoms in total. The van der Waals surface area contributed by atoms with Gasteiger partial charge in [-0.3, -0.25) is 4.79 Å². The van der Waals surface area contributed by atoms with Crippen molar-refractivity contribution in [3.63, 3.8) is 0 Å². The summed E-state index contributed by atoms with van der Waals surface area (Å²) in [5.41, 5.74) is 2.27. The van der Waals surface area contributed by atoms with Gasteiger partial charge in [-0.05, 0) is 36.0 Å². The van der Waals surface area contributed by atoms with Crippen LogP contribution in [0.25, 0.3) is 0 Å². The largest absolute Gasteiger partial charge is 0.540 e. The molecule has 36 heavy (non-hydrogen) atoms. The minimum atomic E-state index is -2.41. The van der Waals surface area contributed by atoms with Crippen molar-refractivity contribution in [1.82, 2.24) is 4.90 Å². The van der Waals surface area contributed by atoms with E-state index in [1.807, 2.05) is 6.92 Å². The summed E-state index contributed by atoms with van der Waals surface area (Å²) in [7, 11) is -0.871. The lowest BCUT2D eigenvalue weighted by Gasteiger charge is -2.42. The molecule has 2 atom stereocenters. The molecule has 198 valence electrons. The number of carbonyl (C=O) groups excluding carboxylic acids is 2. The molecule has 0 saturated heterocycles. The van der Waals surface area contributed by atoms with Crippen LogP contribution in [0.2, 0.25) is 16.6 Å². The van der Waals surface area contributed by atoms with Gasteiger partial charge in [-0.25, -0.2) is 9.69 Å². The van der Waals surface area contributed by atoms with Crippen LogP contribution >= 0.6 is 0 Å². The highest BCUT2D eigenvalue weighted by Crippen LogP contribution is 2.47. The fraction of sp³-hybridized carbons (Fsp3) is 0.556. The topological polar surface area (TPSA) is 88.5 Å². The highest BCUT2D eigenvalue weighted by molar-refractivity contribution is 6.78. The van der Waals surface area contributed by atoms with Gasteiger partial charge in [0.05, 0.1) is 24.4 Å². The SMILES string of the molecule is C=CCOC(=O)N1c2cc(O[Si](C(C)C)(C(C)C)C(C)C)c(OC)cc2C(=O)N2C=C(C)C[C@H]2C1O. The molecule has 0 aliphatic carbocycles. The van der Waals surface area contributed by atoms with Crippen LogP contribution in [0.3, 0.4) is 0 Å². The number of ether oxygens (including phenoxy) is 2. The summed E-state index contributed by atoms with van der Waals surface area (Å²) >= 11 is 0. The zero-order valence-corrected chi connectivity index (χ0v) is 23.7. The van der Waals surface area contributed by atoms with Gasteiger partial charge < -0.3 is 23.9 Å². The van der Waals surface area contributed by atoms with E-state index in [0.29, 0.717) is 34.5 Å². The molecule has 0 fully saturated rings. The number of hydrogen-bond acceptors (Lipinski definition) is 6. The van der Waals surface area contributed by atoms with Crippen LogP contribution in [0.1, 0.15) is 65.2 Å². The van der Waals surface area contributed by atoms with Gasteiger partial charge in [-0.2, -0.15) is 0 Å². The minimum Gasteiger partial charge on any atom is -0.540 e. The van der Waals surface area contributed by atoms with Gasteiger partial charge in [-0.1, -0.05) is 59.8 Å². The van der Waals surface area contributed by atoms with Crippen LogP contribution in [0.5, 0.6) is 11.5 Å². The number of methoxy groups -OCH3 is 1. The minimum absolute atomic E-state index is 0.0272. The second-order valence-electron chi connectivity index (χ2n) is 10.5. The molecule has 0 bridgehead atoms. The van der Waals surface area contributed by atoms with E-state index in [9.17, 15) is 14.7 Å². The third-order valence-corrected chi connectivity index (χ3v) is 13.4. The maximum atomic E-state index is 13.7. The van der Waals surface area contributed by atoms with E-state index in [-0.39, 0.29) is 23.8 Å². The van der Waals surface area contributed by atoms with Crippen molar-refractivity contribution in [3.05, 3.63) is 42.1 Å². The number of nitrogens with zero attached hydrogens (tertiary/aromatic N) is 2. The number of aliphatic hydroxyl groups excluding tert-OH is 1. The molecule has 0 aromatic heterocycles. The summed E-state index contributed by atoms with van der Waals surface area (Å²) in [6.45, 7) is 18.5. The number of carbonyl (C=O) groups is 2. The lowest BCUT2D eigenvalue weighted by Crippen LogP contribution is -2.51. The van der Waals surface area contributed by atoms with E-state index in [2.05, 4.69) is 48.1 Å². The maximum absolute atomic E-state index is 13.7. The Balaban J connectivity index is 2.25. The molecule has 0 radical (unpaired) electrons. The van der Waals surface area contributed by atoms with Gasteiger partial charge in [0.15, 0.2) is 12.0 Å². The Bertz CT molecular complexity index is 1030. The van der Waals surface area contributed by atoms with Crippen LogP contribution in [0.15, 0.2) is 36.6 Å². The first-order valence-corrected chi connectivity index (χ1v) is 14.7. The number of aliphatic hydroxyl groups is 1. The fourth-order valence-electron chi connectivity index (χ4n) is 5.84. The van der Waals surface area contributed by atoms with E-state index >= 15 is 0 Å². The lowest BCUT2D eigenvalue weighted by atomic mass is 10.1. The Labute approximate surface area is 215 Å². The molecule has 1 N–H and O–H groups in total. The third kappa shape index (κ3) is 4.66. The van der Waals surface area contributed by atoms with Crippen LogP contribution in [0.4, 0.5) is 10.5 Å². The number of rotatable bonds is 8. The first kappa shape index (κ1) is 27.8. The molecular formula is C27H40N2O6Si. The van der Waals surface area contributed by atoms with Crippen LogP contribution in [0, 0.1) is 0 Å². The lowest BCUT2D eigenvalue weighted by molar-refractivity contribution is 0.0557. The Morgan fingerprint density at radius 3 is 2.31 bits per heavy atom. The average molecular weight is 517 g/mol. The first-order chi connectivity index (χ1) is 16.9. The zero-order chi connectivity index (χ0) is 26.9.